The molecule has 0 aliphatic carbocycles. The number of hydrogen-bond acceptors (Lipinski definition) is 7. The third-order valence-corrected chi connectivity index (χ3v) is 4.93. The third-order valence-electron chi connectivity index (χ3n) is 4.93. The number of ether oxygens (including phenoxy) is 1. The summed E-state index contributed by atoms with van der Waals surface area (Å²) >= 11 is 0. The first kappa shape index (κ1) is 22.2. The van der Waals surface area contributed by atoms with Crippen molar-refractivity contribution in [3.8, 4) is 5.75 Å². The number of benzene rings is 2. The first-order chi connectivity index (χ1) is 14.9. The van der Waals surface area contributed by atoms with Crippen LogP contribution in [0.2, 0.25) is 0 Å². The smallest absolute Gasteiger partial charge is 0.176 e. The molecule has 0 fully saturated rings. The van der Waals surface area contributed by atoms with Crippen LogP contribution >= 0.6 is 0 Å². The average molecular weight is 419 g/mol. The fraction of sp³-hybridized carbons (Fsp3) is 0.292. The van der Waals surface area contributed by atoms with Gasteiger partial charge in [0, 0.05) is 43.7 Å². The minimum absolute atomic E-state index is 0.0966. The number of nitrogens with one attached hydrogen (secondary N) is 3. The Hall–Kier alpha value is -3.45. The topological polar surface area (TPSA) is 85.1 Å². The molecule has 0 saturated heterocycles. The minimum Gasteiger partial charge on any atom is -0.484 e. The van der Waals surface area contributed by atoms with E-state index in [1.54, 1.807) is 4.90 Å². The lowest BCUT2D eigenvalue weighted by Crippen LogP contribution is -2.35. The van der Waals surface area contributed by atoms with Crippen molar-refractivity contribution in [2.24, 2.45) is 10.2 Å². The van der Waals surface area contributed by atoms with E-state index in [-0.39, 0.29) is 6.10 Å². The molecule has 31 heavy (non-hydrogen) atoms. The lowest BCUT2D eigenvalue weighted by Gasteiger charge is -2.23. The second-order valence-corrected chi connectivity index (χ2v) is 7.61. The highest BCUT2D eigenvalue weighted by Gasteiger charge is 2.23. The molecular weight excluding hydrogens is 388 g/mol. The summed E-state index contributed by atoms with van der Waals surface area (Å²) in [7, 11) is 5.64. The normalized spacial score (nSPS) is 16.2. The maximum atomic E-state index is 8.55. The Balaban J connectivity index is 1.82. The fourth-order valence-electron chi connectivity index (χ4n) is 3.46. The number of allylic oxidation sites excluding steroid dienone is 1. The SMILES string of the molecule is CNCC(Oc1cccc(N/C(C)=C2\C(=N)C(N(C)C)=NN=C2C)c1)c1ccccc1. The number of likely N-dealkylation sites (N-methyl/N-ethyl adjacent to an activating group) is 1. The van der Waals surface area contributed by atoms with Crippen molar-refractivity contribution in [1.29, 1.82) is 5.41 Å². The maximum Gasteiger partial charge on any atom is 0.176 e. The zero-order valence-corrected chi connectivity index (χ0v) is 18.7. The summed E-state index contributed by atoms with van der Waals surface area (Å²) < 4.78 is 6.29. The predicted octanol–water partition coefficient (Wildman–Crippen LogP) is 4.08. The monoisotopic (exact) mass is 418 g/mol. The summed E-state index contributed by atoms with van der Waals surface area (Å²) in [5.41, 5.74) is 4.66. The van der Waals surface area contributed by atoms with Crippen LogP contribution in [0.25, 0.3) is 0 Å². The molecule has 7 nitrogen and oxygen atoms in total. The lowest BCUT2D eigenvalue weighted by atomic mass is 10.0. The van der Waals surface area contributed by atoms with E-state index in [9.17, 15) is 0 Å². The lowest BCUT2D eigenvalue weighted by molar-refractivity contribution is 0.205. The molecule has 3 rings (SSSR count). The molecule has 162 valence electrons. The Morgan fingerprint density at radius 3 is 2.52 bits per heavy atom. The van der Waals surface area contributed by atoms with Gasteiger partial charge >= 0.3 is 0 Å². The van der Waals surface area contributed by atoms with Gasteiger partial charge in [0.25, 0.3) is 0 Å². The number of anilines is 1. The second kappa shape index (κ2) is 10.0. The Labute approximate surface area is 184 Å². The van der Waals surface area contributed by atoms with Gasteiger partial charge in [-0.2, -0.15) is 5.10 Å². The van der Waals surface area contributed by atoms with Crippen molar-refractivity contribution < 1.29 is 4.74 Å². The molecule has 1 heterocycles. The van der Waals surface area contributed by atoms with Gasteiger partial charge in [0.15, 0.2) is 5.84 Å². The average Bonchev–Trinajstić information content (AvgIpc) is 2.74. The molecule has 0 amide bonds. The molecule has 7 heteroatoms. The van der Waals surface area contributed by atoms with Gasteiger partial charge in [-0.05, 0) is 38.6 Å². The van der Waals surface area contributed by atoms with Crippen LogP contribution < -0.4 is 15.4 Å². The van der Waals surface area contributed by atoms with Gasteiger partial charge in [-0.15, -0.1) is 5.10 Å². The van der Waals surface area contributed by atoms with Crippen molar-refractivity contribution in [1.82, 2.24) is 10.2 Å². The third kappa shape index (κ3) is 5.38. The van der Waals surface area contributed by atoms with E-state index in [0.717, 1.165) is 28.3 Å². The Morgan fingerprint density at radius 1 is 1.10 bits per heavy atom. The quantitative estimate of drug-likeness (QED) is 0.632. The van der Waals surface area contributed by atoms with E-state index in [2.05, 4.69) is 33.0 Å². The van der Waals surface area contributed by atoms with Crippen molar-refractivity contribution in [3.05, 3.63) is 71.4 Å². The van der Waals surface area contributed by atoms with Crippen molar-refractivity contribution in [2.45, 2.75) is 20.0 Å². The van der Waals surface area contributed by atoms with Gasteiger partial charge in [-0.25, -0.2) is 0 Å². The van der Waals surface area contributed by atoms with Gasteiger partial charge in [0.1, 0.15) is 17.6 Å². The number of rotatable bonds is 7. The minimum atomic E-state index is -0.0966. The molecule has 0 saturated carbocycles. The predicted molar refractivity (Wildman–Crippen MR) is 128 cm³/mol. The highest BCUT2D eigenvalue weighted by Crippen LogP contribution is 2.26. The van der Waals surface area contributed by atoms with E-state index in [1.165, 1.54) is 0 Å². The number of amidine groups is 1. The van der Waals surface area contributed by atoms with Crippen molar-refractivity contribution >= 4 is 22.9 Å². The second-order valence-electron chi connectivity index (χ2n) is 7.61. The maximum absolute atomic E-state index is 8.55. The van der Waals surface area contributed by atoms with Crippen LogP contribution in [0.5, 0.6) is 5.75 Å². The number of nitrogens with zero attached hydrogens (tertiary/aromatic N) is 3. The molecule has 2 aromatic carbocycles. The van der Waals surface area contributed by atoms with E-state index in [0.29, 0.717) is 23.8 Å². The fourth-order valence-corrected chi connectivity index (χ4v) is 3.46. The summed E-state index contributed by atoms with van der Waals surface area (Å²) in [6, 6.07) is 18.0. The van der Waals surface area contributed by atoms with Crippen LogP contribution in [0.15, 0.2) is 76.1 Å². The van der Waals surface area contributed by atoms with Crippen molar-refractivity contribution in [2.75, 3.05) is 33.0 Å². The molecule has 1 aliphatic rings. The summed E-state index contributed by atoms with van der Waals surface area (Å²) in [5.74, 6) is 1.31. The Bertz CT molecular complexity index is 1020. The largest absolute Gasteiger partial charge is 0.484 e. The van der Waals surface area contributed by atoms with Crippen LogP contribution in [-0.4, -0.2) is 49.8 Å². The summed E-state index contributed by atoms with van der Waals surface area (Å²) in [4.78, 5) is 1.80. The zero-order chi connectivity index (χ0) is 22.4. The summed E-state index contributed by atoms with van der Waals surface area (Å²) in [6.07, 6.45) is -0.0966. The van der Waals surface area contributed by atoms with Crippen LogP contribution in [-0.2, 0) is 0 Å². The van der Waals surface area contributed by atoms with Crippen LogP contribution in [0, 0.1) is 5.41 Å². The van der Waals surface area contributed by atoms with E-state index in [4.69, 9.17) is 10.1 Å². The standard InChI is InChI=1S/C24H30N6O/c1-16(22-17(2)28-29-24(23(22)25)30(4)5)27-19-12-9-13-20(14-19)31-21(15-26-3)18-10-7-6-8-11-18/h6-14,21,25-27H,15H2,1-5H3/b22-16-,25-23?. The van der Waals surface area contributed by atoms with Gasteiger partial charge in [-0.1, -0.05) is 36.4 Å². The molecule has 0 radical (unpaired) electrons. The molecule has 0 bridgehead atoms. The molecule has 1 aliphatic heterocycles. The van der Waals surface area contributed by atoms with E-state index in [1.807, 2.05) is 77.5 Å². The summed E-state index contributed by atoms with van der Waals surface area (Å²) in [5, 5.41) is 23.5. The van der Waals surface area contributed by atoms with Gasteiger partial charge in [-0.3, -0.25) is 5.41 Å². The highest BCUT2D eigenvalue weighted by atomic mass is 16.5. The molecule has 0 spiro atoms. The first-order valence-corrected chi connectivity index (χ1v) is 10.2. The molecule has 3 N–H and O–H groups in total. The zero-order valence-electron chi connectivity index (χ0n) is 18.7. The van der Waals surface area contributed by atoms with E-state index >= 15 is 0 Å². The molecule has 0 aromatic heterocycles. The van der Waals surface area contributed by atoms with Crippen LogP contribution in [0.1, 0.15) is 25.5 Å². The Morgan fingerprint density at radius 2 is 1.84 bits per heavy atom. The van der Waals surface area contributed by atoms with Crippen LogP contribution in [0.4, 0.5) is 5.69 Å². The van der Waals surface area contributed by atoms with Crippen LogP contribution in [0.3, 0.4) is 0 Å². The highest BCUT2D eigenvalue weighted by molar-refractivity contribution is 6.53. The van der Waals surface area contributed by atoms with Gasteiger partial charge in [0.2, 0.25) is 0 Å². The molecular formula is C24H30N6O. The first-order valence-electron chi connectivity index (χ1n) is 10.2. The van der Waals surface area contributed by atoms with Crippen molar-refractivity contribution in [3.63, 3.8) is 0 Å². The van der Waals surface area contributed by atoms with Gasteiger partial charge < -0.3 is 20.3 Å². The molecule has 2 aromatic rings. The summed E-state index contributed by atoms with van der Waals surface area (Å²) in [6.45, 7) is 4.51. The number of hydrogen-bond donors (Lipinski definition) is 3. The van der Waals surface area contributed by atoms with Gasteiger partial charge in [0.05, 0.1) is 5.71 Å². The Kier molecular flexibility index (Phi) is 7.20. The van der Waals surface area contributed by atoms with E-state index < -0.39 is 0 Å². The molecule has 1 atom stereocenters. The molecule has 1 unspecified atom stereocenters.